The van der Waals surface area contributed by atoms with Gasteiger partial charge in [0.1, 0.15) is 5.69 Å². The lowest BCUT2D eigenvalue weighted by atomic mass is 9.89. The van der Waals surface area contributed by atoms with Crippen LogP contribution in [0, 0.1) is 10.1 Å². The van der Waals surface area contributed by atoms with Gasteiger partial charge in [0.05, 0.1) is 11.0 Å². The van der Waals surface area contributed by atoms with Gasteiger partial charge in [0.2, 0.25) is 0 Å². The molecule has 0 aliphatic carbocycles. The third-order valence-electron chi connectivity index (χ3n) is 7.20. The van der Waals surface area contributed by atoms with Gasteiger partial charge in [0.15, 0.2) is 0 Å². The molecule has 0 bridgehead atoms. The molecule has 2 aliphatic rings. The highest BCUT2D eigenvalue weighted by atomic mass is 16.6. The molecular weight excluding hydrogens is 412 g/mol. The van der Waals surface area contributed by atoms with Gasteiger partial charge in [-0.15, -0.1) is 0 Å². The summed E-state index contributed by atoms with van der Waals surface area (Å²) in [5, 5.41) is 11.3. The first-order chi connectivity index (χ1) is 16.1. The van der Waals surface area contributed by atoms with Crippen LogP contribution in [0.2, 0.25) is 0 Å². The van der Waals surface area contributed by atoms with Crippen LogP contribution in [-0.4, -0.2) is 24.6 Å². The van der Waals surface area contributed by atoms with Gasteiger partial charge in [-0.05, 0) is 73.1 Å². The zero-order valence-electron chi connectivity index (χ0n) is 18.8. The maximum Gasteiger partial charge on any atom is 0.292 e. The highest BCUT2D eigenvalue weighted by Gasteiger charge is 2.28. The zero-order chi connectivity index (χ0) is 22.8. The van der Waals surface area contributed by atoms with E-state index in [1.165, 1.54) is 29.8 Å². The number of nitrogens with zero attached hydrogens (tertiary/aromatic N) is 3. The maximum atomic E-state index is 11.3. The molecule has 0 radical (unpaired) electrons. The van der Waals surface area contributed by atoms with Gasteiger partial charge in [0.25, 0.3) is 5.69 Å². The van der Waals surface area contributed by atoms with Gasteiger partial charge < -0.3 is 15.5 Å². The summed E-state index contributed by atoms with van der Waals surface area (Å²) in [6, 6.07) is 25.0. The van der Waals surface area contributed by atoms with E-state index in [1.54, 1.807) is 12.1 Å². The predicted octanol–water partition coefficient (Wildman–Crippen LogP) is 5.90. The summed E-state index contributed by atoms with van der Waals surface area (Å²) >= 11 is 0. The highest BCUT2D eigenvalue weighted by Crippen LogP contribution is 2.39. The summed E-state index contributed by atoms with van der Waals surface area (Å²) < 4.78 is 0. The second-order valence-electron chi connectivity index (χ2n) is 9.12. The lowest BCUT2D eigenvalue weighted by Crippen LogP contribution is -2.32. The van der Waals surface area contributed by atoms with Crippen molar-refractivity contribution in [3.8, 4) is 0 Å². The topological polar surface area (TPSA) is 75.6 Å². The Balaban J connectivity index is 1.28. The number of hydrogen-bond acceptors (Lipinski definition) is 5. The molecule has 3 aromatic carbocycles. The van der Waals surface area contributed by atoms with E-state index in [-0.39, 0.29) is 17.4 Å². The molecule has 6 heteroatoms. The monoisotopic (exact) mass is 442 g/mol. The number of piperidine rings is 1. The van der Waals surface area contributed by atoms with Crippen LogP contribution in [-0.2, 0) is 0 Å². The van der Waals surface area contributed by atoms with E-state index in [4.69, 9.17) is 5.73 Å². The number of anilines is 3. The van der Waals surface area contributed by atoms with E-state index in [9.17, 15) is 10.1 Å². The molecule has 2 aliphatic heterocycles. The lowest BCUT2D eigenvalue weighted by molar-refractivity contribution is -0.384. The van der Waals surface area contributed by atoms with Crippen molar-refractivity contribution in [1.82, 2.24) is 0 Å². The second-order valence-corrected chi connectivity index (χ2v) is 9.12. The van der Waals surface area contributed by atoms with E-state index in [0.29, 0.717) is 5.92 Å². The third kappa shape index (κ3) is 4.38. The molecule has 0 aromatic heterocycles. The fraction of sp³-hybridized carbons (Fsp3) is 0.333. The number of hydrogen-bond donors (Lipinski definition) is 1. The smallest absolute Gasteiger partial charge is 0.292 e. The van der Waals surface area contributed by atoms with Crippen molar-refractivity contribution < 1.29 is 4.92 Å². The highest BCUT2D eigenvalue weighted by molar-refractivity contribution is 5.62. The summed E-state index contributed by atoms with van der Waals surface area (Å²) in [4.78, 5) is 15.8. The minimum Gasteiger partial charge on any atom is -0.393 e. The number of nitrogen functional groups attached to an aromatic ring is 1. The van der Waals surface area contributed by atoms with Crippen molar-refractivity contribution in [2.75, 3.05) is 35.2 Å². The molecule has 170 valence electrons. The number of nitro groups is 1. The van der Waals surface area contributed by atoms with Crippen molar-refractivity contribution in [1.29, 1.82) is 0 Å². The van der Waals surface area contributed by atoms with E-state index >= 15 is 0 Å². The van der Waals surface area contributed by atoms with E-state index in [2.05, 4.69) is 64.4 Å². The van der Waals surface area contributed by atoms with Crippen molar-refractivity contribution in [2.24, 2.45) is 0 Å². The first-order valence-electron chi connectivity index (χ1n) is 11.8. The van der Waals surface area contributed by atoms with Crippen molar-refractivity contribution in [2.45, 2.75) is 37.6 Å². The number of nitro benzene ring substituents is 1. The maximum absolute atomic E-state index is 11.3. The quantitative estimate of drug-likeness (QED) is 0.302. The van der Waals surface area contributed by atoms with Crippen molar-refractivity contribution in [3.05, 3.63) is 94.0 Å². The Labute approximate surface area is 194 Å². The van der Waals surface area contributed by atoms with Crippen LogP contribution < -0.4 is 15.5 Å². The van der Waals surface area contributed by atoms with E-state index in [0.717, 1.165) is 38.0 Å². The standard InChI is InChI=1S/C27H30N4O2/c28-25-13-8-22(19-27(25)31(32)33)26-7-4-16-30(26)24-11-9-23(10-12-24)29-17-14-21(15-18-29)20-5-2-1-3-6-20/h1-3,5-6,8-13,19,21,26H,4,7,14-18,28H2. The molecule has 0 amide bonds. The summed E-state index contributed by atoms with van der Waals surface area (Å²) in [5.41, 5.74) is 10.9. The average molecular weight is 443 g/mol. The summed E-state index contributed by atoms with van der Waals surface area (Å²) in [6.45, 7) is 3.09. The molecule has 0 spiro atoms. The molecule has 3 aromatic rings. The van der Waals surface area contributed by atoms with Gasteiger partial charge in [-0.1, -0.05) is 36.4 Å². The van der Waals surface area contributed by atoms with Crippen LogP contribution in [0.5, 0.6) is 0 Å². The Hall–Kier alpha value is -3.54. The average Bonchev–Trinajstić information content (AvgIpc) is 3.35. The molecular formula is C27H30N4O2. The fourth-order valence-electron chi connectivity index (χ4n) is 5.40. The van der Waals surface area contributed by atoms with Crippen LogP contribution in [0.4, 0.5) is 22.7 Å². The van der Waals surface area contributed by atoms with E-state index in [1.807, 2.05) is 6.07 Å². The first-order valence-corrected chi connectivity index (χ1v) is 11.8. The second kappa shape index (κ2) is 9.14. The summed E-state index contributed by atoms with van der Waals surface area (Å²) in [6.07, 6.45) is 4.40. The molecule has 2 heterocycles. The normalized spacial score (nSPS) is 19.1. The Morgan fingerprint density at radius 3 is 2.21 bits per heavy atom. The van der Waals surface area contributed by atoms with Crippen LogP contribution in [0.25, 0.3) is 0 Å². The summed E-state index contributed by atoms with van der Waals surface area (Å²) in [5.74, 6) is 0.649. The zero-order valence-corrected chi connectivity index (χ0v) is 18.8. The molecule has 5 rings (SSSR count). The SMILES string of the molecule is Nc1ccc(C2CCCN2c2ccc(N3CCC(c4ccccc4)CC3)cc2)cc1[N+](=O)[O-]. The Kier molecular flexibility index (Phi) is 5.90. The van der Waals surface area contributed by atoms with Crippen LogP contribution in [0.15, 0.2) is 72.8 Å². The van der Waals surface area contributed by atoms with Gasteiger partial charge in [-0.3, -0.25) is 10.1 Å². The molecule has 1 unspecified atom stereocenters. The van der Waals surface area contributed by atoms with Crippen LogP contribution in [0.3, 0.4) is 0 Å². The van der Waals surface area contributed by atoms with Gasteiger partial charge in [-0.2, -0.15) is 0 Å². The van der Waals surface area contributed by atoms with Gasteiger partial charge >= 0.3 is 0 Å². The Morgan fingerprint density at radius 2 is 1.52 bits per heavy atom. The Morgan fingerprint density at radius 1 is 0.818 bits per heavy atom. The molecule has 1 atom stereocenters. The first kappa shape index (κ1) is 21.3. The number of benzene rings is 3. The van der Waals surface area contributed by atoms with Gasteiger partial charge in [-0.25, -0.2) is 0 Å². The largest absolute Gasteiger partial charge is 0.393 e. The lowest BCUT2D eigenvalue weighted by Gasteiger charge is -2.34. The van der Waals surface area contributed by atoms with Crippen molar-refractivity contribution in [3.63, 3.8) is 0 Å². The summed E-state index contributed by atoms with van der Waals surface area (Å²) in [7, 11) is 0. The molecule has 6 nitrogen and oxygen atoms in total. The third-order valence-corrected chi connectivity index (χ3v) is 7.20. The van der Waals surface area contributed by atoms with Crippen LogP contribution >= 0.6 is 0 Å². The Bertz CT molecular complexity index is 1110. The van der Waals surface area contributed by atoms with Crippen molar-refractivity contribution >= 4 is 22.7 Å². The minimum absolute atomic E-state index is 0.00592. The molecule has 2 fully saturated rings. The molecule has 0 saturated carbocycles. The predicted molar refractivity (Wildman–Crippen MR) is 134 cm³/mol. The molecule has 2 N–H and O–H groups in total. The molecule has 33 heavy (non-hydrogen) atoms. The fourth-order valence-corrected chi connectivity index (χ4v) is 5.40. The van der Waals surface area contributed by atoms with Gasteiger partial charge in [0, 0.05) is 37.1 Å². The van der Waals surface area contributed by atoms with E-state index < -0.39 is 4.92 Å². The number of nitrogens with two attached hydrogens (primary N) is 1. The van der Waals surface area contributed by atoms with Crippen LogP contribution in [0.1, 0.15) is 48.8 Å². The number of rotatable bonds is 5. The molecule has 2 saturated heterocycles. The minimum atomic E-state index is -0.395.